The number of methoxy groups -OCH3 is 1. The van der Waals surface area contributed by atoms with E-state index in [9.17, 15) is 4.79 Å². The quantitative estimate of drug-likeness (QED) is 0.601. The van der Waals surface area contributed by atoms with Crippen LogP contribution in [0.15, 0.2) is 36.7 Å². The summed E-state index contributed by atoms with van der Waals surface area (Å²) in [6, 6.07) is 8.62. The number of likely N-dealkylation sites (N-methyl/N-ethyl adjacent to an activating group) is 1. The zero-order valence-electron chi connectivity index (χ0n) is 19.5. The molecule has 174 valence electrons. The van der Waals surface area contributed by atoms with Crippen LogP contribution in [0.3, 0.4) is 0 Å². The van der Waals surface area contributed by atoms with Crippen molar-refractivity contribution in [3.8, 4) is 0 Å². The number of carbonyl (C=O) groups is 1. The Hall–Kier alpha value is -2.97. The first-order chi connectivity index (χ1) is 16.1. The molecular weight excluding hydrogens is 416 g/mol. The molecule has 0 aromatic carbocycles. The van der Waals surface area contributed by atoms with Gasteiger partial charge in [-0.2, -0.15) is 0 Å². The van der Waals surface area contributed by atoms with Crippen molar-refractivity contribution in [2.45, 2.75) is 50.9 Å². The largest absolute Gasteiger partial charge is 0.378 e. The Morgan fingerprint density at radius 1 is 1.27 bits per heavy atom. The molecule has 0 unspecified atom stereocenters. The Bertz CT molecular complexity index is 1150. The van der Waals surface area contributed by atoms with Crippen molar-refractivity contribution in [1.29, 1.82) is 0 Å². The Labute approximate surface area is 194 Å². The second-order valence-electron chi connectivity index (χ2n) is 9.00. The van der Waals surface area contributed by atoms with Crippen LogP contribution in [0.1, 0.15) is 35.0 Å². The first-order valence-corrected chi connectivity index (χ1v) is 11.8. The summed E-state index contributed by atoms with van der Waals surface area (Å²) in [6.07, 6.45) is 6.40. The van der Waals surface area contributed by atoms with E-state index in [4.69, 9.17) is 9.72 Å². The number of ether oxygens (including phenoxy) is 1. The monoisotopic (exact) mass is 448 g/mol. The van der Waals surface area contributed by atoms with Crippen molar-refractivity contribution in [3.05, 3.63) is 53.5 Å². The van der Waals surface area contributed by atoms with Gasteiger partial charge in [0.15, 0.2) is 0 Å². The molecule has 1 fully saturated rings. The van der Waals surface area contributed by atoms with Gasteiger partial charge in [-0.25, -0.2) is 9.97 Å². The van der Waals surface area contributed by atoms with Crippen molar-refractivity contribution < 1.29 is 9.53 Å². The van der Waals surface area contributed by atoms with Crippen molar-refractivity contribution in [2.24, 2.45) is 0 Å². The fraction of sp³-hybridized carbons (Fsp3) is 0.480. The average molecular weight is 449 g/mol. The van der Waals surface area contributed by atoms with Crippen LogP contribution in [0.2, 0.25) is 0 Å². The van der Waals surface area contributed by atoms with Crippen LogP contribution in [0.4, 0.5) is 5.82 Å². The van der Waals surface area contributed by atoms with E-state index in [2.05, 4.69) is 44.1 Å². The van der Waals surface area contributed by atoms with Crippen molar-refractivity contribution in [2.75, 3.05) is 32.1 Å². The maximum absolute atomic E-state index is 12.9. The minimum absolute atomic E-state index is 0.0625. The van der Waals surface area contributed by atoms with E-state index in [0.717, 1.165) is 61.4 Å². The molecule has 2 aliphatic rings. The third-order valence-corrected chi connectivity index (χ3v) is 7.05. The number of carbonyl (C=O) groups excluding carboxylic acids is 1. The molecule has 33 heavy (non-hydrogen) atoms. The lowest BCUT2D eigenvalue weighted by atomic mass is 9.91. The van der Waals surface area contributed by atoms with Crippen molar-refractivity contribution >= 4 is 22.8 Å². The molecule has 8 heteroatoms. The minimum Gasteiger partial charge on any atom is -0.378 e. The number of hydrogen-bond acceptors (Lipinski definition) is 6. The second-order valence-corrected chi connectivity index (χ2v) is 9.00. The van der Waals surface area contributed by atoms with Gasteiger partial charge in [-0.3, -0.25) is 4.79 Å². The Balaban J connectivity index is 1.25. The Kier molecular flexibility index (Phi) is 6.03. The predicted octanol–water partition coefficient (Wildman–Crippen LogP) is 2.16. The molecule has 0 bridgehead atoms. The summed E-state index contributed by atoms with van der Waals surface area (Å²) in [5, 5.41) is 7.54. The van der Waals surface area contributed by atoms with E-state index in [1.54, 1.807) is 13.3 Å². The Morgan fingerprint density at radius 2 is 2.15 bits per heavy atom. The zero-order valence-corrected chi connectivity index (χ0v) is 19.5. The molecule has 8 nitrogen and oxygen atoms in total. The lowest BCUT2D eigenvalue weighted by Gasteiger charge is -2.26. The molecule has 3 aromatic heterocycles. The van der Waals surface area contributed by atoms with E-state index in [1.165, 1.54) is 5.56 Å². The molecule has 0 saturated carbocycles. The normalized spacial score (nSPS) is 22.5. The fourth-order valence-corrected chi connectivity index (χ4v) is 5.10. The lowest BCUT2D eigenvalue weighted by Crippen LogP contribution is -2.39. The molecule has 0 radical (unpaired) electrons. The van der Waals surface area contributed by atoms with E-state index >= 15 is 0 Å². The predicted molar refractivity (Wildman–Crippen MR) is 129 cm³/mol. The van der Waals surface area contributed by atoms with Gasteiger partial charge in [-0.15, -0.1) is 0 Å². The molecule has 1 aliphatic heterocycles. The fourth-order valence-electron chi connectivity index (χ4n) is 5.10. The van der Waals surface area contributed by atoms with E-state index in [1.807, 2.05) is 25.4 Å². The second kappa shape index (κ2) is 9.11. The number of nitrogens with zero attached hydrogens (tertiary/aromatic N) is 4. The molecule has 0 spiro atoms. The van der Waals surface area contributed by atoms with Gasteiger partial charge in [0.1, 0.15) is 11.5 Å². The van der Waals surface area contributed by atoms with E-state index in [-0.39, 0.29) is 18.1 Å². The highest BCUT2D eigenvalue weighted by atomic mass is 16.5. The highest BCUT2D eigenvalue weighted by molar-refractivity contribution is 5.97. The van der Waals surface area contributed by atoms with Gasteiger partial charge in [0.25, 0.3) is 5.91 Å². The Morgan fingerprint density at radius 3 is 2.91 bits per heavy atom. The summed E-state index contributed by atoms with van der Waals surface area (Å²) < 4.78 is 7.70. The first kappa shape index (κ1) is 21.9. The number of aromatic nitrogens is 3. The van der Waals surface area contributed by atoms with E-state index < -0.39 is 0 Å². The third-order valence-electron chi connectivity index (χ3n) is 7.05. The number of fused-ring (bicyclic) bond motifs is 2. The molecular formula is C25H32N6O2. The van der Waals surface area contributed by atoms with Gasteiger partial charge in [0, 0.05) is 56.3 Å². The number of anilines is 1. The summed E-state index contributed by atoms with van der Waals surface area (Å²) in [4.78, 5) is 24.7. The number of pyridine rings is 2. The van der Waals surface area contributed by atoms with Gasteiger partial charge in [-0.1, -0.05) is 6.07 Å². The molecule has 3 aromatic rings. The van der Waals surface area contributed by atoms with Crippen LogP contribution in [-0.2, 0) is 24.1 Å². The molecule has 5 rings (SSSR count). The van der Waals surface area contributed by atoms with Gasteiger partial charge >= 0.3 is 0 Å². The molecule has 1 saturated heterocycles. The van der Waals surface area contributed by atoms with Crippen molar-refractivity contribution in [1.82, 2.24) is 25.2 Å². The number of rotatable bonds is 6. The van der Waals surface area contributed by atoms with Crippen LogP contribution >= 0.6 is 0 Å². The minimum atomic E-state index is -0.0625. The number of aryl methyl sites for hydroxylation is 2. The number of hydrogen-bond donors (Lipinski definition) is 2. The first-order valence-electron chi connectivity index (χ1n) is 11.8. The van der Waals surface area contributed by atoms with Crippen LogP contribution in [0, 0.1) is 0 Å². The van der Waals surface area contributed by atoms with Gasteiger partial charge in [0.05, 0.1) is 17.7 Å². The molecule has 1 aliphatic carbocycles. The summed E-state index contributed by atoms with van der Waals surface area (Å²) >= 11 is 0. The zero-order chi connectivity index (χ0) is 22.9. The van der Waals surface area contributed by atoms with Gasteiger partial charge in [-0.05, 0) is 57.0 Å². The number of amides is 1. The third kappa shape index (κ3) is 4.20. The lowest BCUT2D eigenvalue weighted by molar-refractivity contribution is 0.0933. The SMILES string of the molecule is CCn1ccc2cc(C(=O)N[C@H]3CCc4nc(N5C[C@H](NC)[C@@H](OC)C5)ccc4C3)cnc21. The van der Waals surface area contributed by atoms with Gasteiger partial charge in [0.2, 0.25) is 0 Å². The molecule has 1 amide bonds. The summed E-state index contributed by atoms with van der Waals surface area (Å²) in [5.41, 5.74) is 3.88. The molecule has 4 heterocycles. The maximum atomic E-state index is 12.9. The van der Waals surface area contributed by atoms with E-state index in [0.29, 0.717) is 11.6 Å². The van der Waals surface area contributed by atoms with Crippen molar-refractivity contribution in [3.63, 3.8) is 0 Å². The van der Waals surface area contributed by atoms with Crippen LogP contribution in [0.5, 0.6) is 0 Å². The van der Waals surface area contributed by atoms with Crippen LogP contribution in [-0.4, -0.2) is 65.9 Å². The summed E-state index contributed by atoms with van der Waals surface area (Å²) in [7, 11) is 3.74. The molecule has 3 atom stereocenters. The highest BCUT2D eigenvalue weighted by Crippen LogP contribution is 2.26. The number of nitrogens with one attached hydrogen (secondary N) is 2. The van der Waals surface area contributed by atoms with Crippen LogP contribution in [0.25, 0.3) is 11.0 Å². The summed E-state index contributed by atoms with van der Waals surface area (Å²) in [5.74, 6) is 0.946. The smallest absolute Gasteiger partial charge is 0.253 e. The maximum Gasteiger partial charge on any atom is 0.253 e. The van der Waals surface area contributed by atoms with Gasteiger partial charge < -0.3 is 24.8 Å². The topological polar surface area (TPSA) is 84.3 Å². The van der Waals surface area contributed by atoms with Crippen LogP contribution < -0.4 is 15.5 Å². The average Bonchev–Trinajstić information content (AvgIpc) is 3.46. The highest BCUT2D eigenvalue weighted by Gasteiger charge is 2.33. The molecule has 2 N–H and O–H groups in total. The summed E-state index contributed by atoms with van der Waals surface area (Å²) in [6.45, 7) is 4.67. The standard InChI is InChI=1S/C25H32N6O2/c1-4-30-10-9-17-11-18(13-27-24(17)30)25(32)28-19-6-7-20-16(12-19)5-8-23(29-20)31-14-21(26-2)22(15-31)33-3/h5,8-11,13,19,21-22,26H,4,6-7,12,14-15H2,1-3H3,(H,28,32)/t19-,21-,22-/m0/s1.